The number of primary amides is 1. The predicted octanol–water partition coefficient (Wildman–Crippen LogP) is 3.85. The molecule has 0 saturated carbocycles. The number of hydrogen-bond acceptors (Lipinski definition) is 3. The van der Waals surface area contributed by atoms with Crippen LogP contribution in [0.3, 0.4) is 0 Å². The SMILES string of the molecule is Cc1nc2cc(C(=O)N(CCC(N)=O)Cc3ccccc3)ccc2n1-c1ccccc1. The molecule has 6 heteroatoms. The molecular formula is C25H24N4O2. The van der Waals surface area contributed by atoms with Crippen molar-refractivity contribution in [3.63, 3.8) is 0 Å². The highest BCUT2D eigenvalue weighted by Gasteiger charge is 2.19. The van der Waals surface area contributed by atoms with Crippen LogP contribution >= 0.6 is 0 Å². The summed E-state index contributed by atoms with van der Waals surface area (Å²) in [4.78, 5) is 31.0. The summed E-state index contributed by atoms with van der Waals surface area (Å²) in [6.45, 7) is 2.62. The molecule has 0 aliphatic heterocycles. The van der Waals surface area contributed by atoms with Gasteiger partial charge in [0.1, 0.15) is 5.82 Å². The minimum Gasteiger partial charge on any atom is -0.370 e. The van der Waals surface area contributed by atoms with Gasteiger partial charge in [-0.15, -0.1) is 0 Å². The molecule has 0 fully saturated rings. The second-order valence-electron chi connectivity index (χ2n) is 7.46. The van der Waals surface area contributed by atoms with Gasteiger partial charge in [0.05, 0.1) is 11.0 Å². The number of carbonyl (C=O) groups excluding carboxylic acids is 2. The van der Waals surface area contributed by atoms with Crippen LogP contribution in [0.1, 0.15) is 28.2 Å². The summed E-state index contributed by atoms with van der Waals surface area (Å²) in [5.74, 6) is 0.262. The van der Waals surface area contributed by atoms with Gasteiger partial charge in [-0.25, -0.2) is 4.98 Å². The van der Waals surface area contributed by atoms with Crippen molar-refractivity contribution in [2.75, 3.05) is 6.54 Å². The summed E-state index contributed by atoms with van der Waals surface area (Å²) in [6.07, 6.45) is 0.114. The summed E-state index contributed by atoms with van der Waals surface area (Å²) >= 11 is 0. The van der Waals surface area contributed by atoms with E-state index >= 15 is 0 Å². The fraction of sp³-hybridized carbons (Fsp3) is 0.160. The first-order valence-corrected chi connectivity index (χ1v) is 10.2. The van der Waals surface area contributed by atoms with E-state index < -0.39 is 5.91 Å². The Bertz CT molecular complexity index is 1220. The molecular weight excluding hydrogens is 388 g/mol. The standard InChI is InChI=1S/C25H24N4O2/c1-18-27-22-16-20(12-13-23(22)29(18)21-10-6-3-7-11-21)25(31)28(15-14-24(26)30)17-19-8-4-2-5-9-19/h2-13,16H,14-15,17H2,1H3,(H2,26,30). The molecule has 0 bridgehead atoms. The number of nitrogens with zero attached hydrogens (tertiary/aromatic N) is 3. The zero-order chi connectivity index (χ0) is 21.8. The normalized spacial score (nSPS) is 10.9. The van der Waals surface area contributed by atoms with Gasteiger partial charge in [-0.1, -0.05) is 48.5 Å². The van der Waals surface area contributed by atoms with Gasteiger partial charge in [0.2, 0.25) is 5.91 Å². The Morgan fingerprint density at radius 2 is 1.65 bits per heavy atom. The molecule has 0 aliphatic carbocycles. The Hall–Kier alpha value is -3.93. The van der Waals surface area contributed by atoms with Gasteiger partial charge in [-0.05, 0) is 42.8 Å². The highest BCUT2D eigenvalue weighted by molar-refractivity contribution is 5.98. The Morgan fingerprint density at radius 3 is 2.32 bits per heavy atom. The number of para-hydroxylation sites is 1. The summed E-state index contributed by atoms with van der Waals surface area (Å²) in [7, 11) is 0. The molecule has 0 atom stereocenters. The maximum absolute atomic E-state index is 13.3. The van der Waals surface area contributed by atoms with Crippen LogP contribution in [-0.2, 0) is 11.3 Å². The van der Waals surface area contributed by atoms with Gasteiger partial charge in [0, 0.05) is 30.8 Å². The molecule has 0 saturated heterocycles. The fourth-order valence-corrected chi connectivity index (χ4v) is 3.72. The summed E-state index contributed by atoms with van der Waals surface area (Å²) in [5.41, 5.74) is 9.57. The van der Waals surface area contributed by atoms with Crippen molar-refractivity contribution >= 4 is 22.8 Å². The first-order chi connectivity index (χ1) is 15.0. The van der Waals surface area contributed by atoms with Gasteiger partial charge in [0.15, 0.2) is 0 Å². The quantitative estimate of drug-likeness (QED) is 0.501. The zero-order valence-corrected chi connectivity index (χ0v) is 17.4. The monoisotopic (exact) mass is 412 g/mol. The number of benzene rings is 3. The third-order valence-corrected chi connectivity index (χ3v) is 5.22. The number of nitrogens with two attached hydrogens (primary N) is 1. The lowest BCUT2D eigenvalue weighted by Crippen LogP contribution is -2.33. The molecule has 156 valence electrons. The van der Waals surface area contributed by atoms with Gasteiger partial charge >= 0.3 is 0 Å². The second kappa shape index (κ2) is 8.83. The molecule has 1 aromatic heterocycles. The Labute approximate surface area is 180 Å². The Morgan fingerprint density at radius 1 is 0.968 bits per heavy atom. The Kier molecular flexibility index (Phi) is 5.80. The third kappa shape index (κ3) is 4.48. The average Bonchev–Trinajstić information content (AvgIpc) is 3.12. The predicted molar refractivity (Wildman–Crippen MR) is 121 cm³/mol. The average molecular weight is 412 g/mol. The van der Waals surface area contributed by atoms with Crippen molar-refractivity contribution in [1.29, 1.82) is 0 Å². The van der Waals surface area contributed by atoms with E-state index in [0.29, 0.717) is 12.1 Å². The Balaban J connectivity index is 1.66. The number of aromatic nitrogens is 2. The maximum Gasteiger partial charge on any atom is 0.254 e. The summed E-state index contributed by atoms with van der Waals surface area (Å²) < 4.78 is 2.07. The van der Waals surface area contributed by atoms with Crippen LogP contribution in [0.5, 0.6) is 0 Å². The fourth-order valence-electron chi connectivity index (χ4n) is 3.72. The third-order valence-electron chi connectivity index (χ3n) is 5.22. The van der Waals surface area contributed by atoms with E-state index in [1.807, 2.05) is 85.8 Å². The van der Waals surface area contributed by atoms with Crippen LogP contribution in [-0.4, -0.2) is 32.8 Å². The molecule has 0 spiro atoms. The molecule has 2 N–H and O–H groups in total. The zero-order valence-electron chi connectivity index (χ0n) is 17.4. The smallest absolute Gasteiger partial charge is 0.254 e. The van der Waals surface area contributed by atoms with Crippen molar-refractivity contribution in [3.8, 4) is 5.69 Å². The number of rotatable bonds is 7. The van der Waals surface area contributed by atoms with Gasteiger partial charge in [-0.2, -0.15) is 0 Å². The second-order valence-corrected chi connectivity index (χ2v) is 7.46. The molecule has 31 heavy (non-hydrogen) atoms. The van der Waals surface area contributed by atoms with Gasteiger partial charge in [0.25, 0.3) is 5.91 Å². The van der Waals surface area contributed by atoms with Gasteiger partial charge < -0.3 is 10.6 Å². The lowest BCUT2D eigenvalue weighted by molar-refractivity contribution is -0.118. The summed E-state index contributed by atoms with van der Waals surface area (Å²) in [6, 6.07) is 25.2. The van der Waals surface area contributed by atoms with Crippen molar-refractivity contribution in [2.24, 2.45) is 5.73 Å². The molecule has 1 heterocycles. The molecule has 4 rings (SSSR count). The van der Waals surface area contributed by atoms with Crippen LogP contribution in [0, 0.1) is 6.92 Å². The van der Waals surface area contributed by atoms with E-state index in [4.69, 9.17) is 5.73 Å². The minimum absolute atomic E-state index is 0.114. The lowest BCUT2D eigenvalue weighted by Gasteiger charge is -2.22. The number of amides is 2. The van der Waals surface area contributed by atoms with E-state index in [-0.39, 0.29) is 18.9 Å². The minimum atomic E-state index is -0.432. The van der Waals surface area contributed by atoms with Crippen molar-refractivity contribution in [2.45, 2.75) is 19.9 Å². The maximum atomic E-state index is 13.3. The van der Waals surface area contributed by atoms with E-state index in [1.165, 1.54) is 0 Å². The van der Waals surface area contributed by atoms with E-state index in [0.717, 1.165) is 28.1 Å². The van der Waals surface area contributed by atoms with Crippen LogP contribution < -0.4 is 5.73 Å². The van der Waals surface area contributed by atoms with E-state index in [1.54, 1.807) is 4.90 Å². The highest BCUT2D eigenvalue weighted by Crippen LogP contribution is 2.23. The molecule has 0 unspecified atom stereocenters. The number of aryl methyl sites for hydroxylation is 1. The van der Waals surface area contributed by atoms with Crippen molar-refractivity contribution in [3.05, 3.63) is 95.8 Å². The number of fused-ring (bicyclic) bond motifs is 1. The van der Waals surface area contributed by atoms with Crippen molar-refractivity contribution in [1.82, 2.24) is 14.5 Å². The molecule has 0 radical (unpaired) electrons. The first kappa shape index (κ1) is 20.3. The number of imidazole rings is 1. The lowest BCUT2D eigenvalue weighted by atomic mass is 10.1. The summed E-state index contributed by atoms with van der Waals surface area (Å²) in [5, 5.41) is 0. The van der Waals surface area contributed by atoms with Crippen LogP contribution in [0.4, 0.5) is 0 Å². The first-order valence-electron chi connectivity index (χ1n) is 10.2. The van der Waals surface area contributed by atoms with Crippen LogP contribution in [0.25, 0.3) is 16.7 Å². The van der Waals surface area contributed by atoms with Crippen LogP contribution in [0.15, 0.2) is 78.9 Å². The molecule has 0 aliphatic rings. The number of carbonyl (C=O) groups is 2. The topological polar surface area (TPSA) is 81.2 Å². The molecule has 4 aromatic rings. The molecule has 6 nitrogen and oxygen atoms in total. The van der Waals surface area contributed by atoms with E-state index in [9.17, 15) is 9.59 Å². The molecule has 2 amide bonds. The van der Waals surface area contributed by atoms with Crippen molar-refractivity contribution < 1.29 is 9.59 Å². The van der Waals surface area contributed by atoms with Crippen LogP contribution in [0.2, 0.25) is 0 Å². The van der Waals surface area contributed by atoms with E-state index in [2.05, 4.69) is 9.55 Å². The highest BCUT2D eigenvalue weighted by atomic mass is 16.2. The largest absolute Gasteiger partial charge is 0.370 e. The number of hydrogen-bond donors (Lipinski definition) is 1. The van der Waals surface area contributed by atoms with Gasteiger partial charge in [-0.3, -0.25) is 14.2 Å². The molecule has 3 aromatic carbocycles.